The molecule has 1 fully saturated rings. The molecule has 0 aromatic rings. The fourth-order valence-electron chi connectivity index (χ4n) is 0.275. The minimum atomic E-state index is 0.843. The average molecular weight is 138 g/mol. The van der Waals surface area contributed by atoms with Gasteiger partial charge in [0, 0.05) is 0 Å². The van der Waals surface area contributed by atoms with Gasteiger partial charge in [0.2, 0.25) is 0 Å². The molecule has 1 rings (SSSR count). The maximum absolute atomic E-state index is 2.25. The number of hydrogen-bond acceptors (Lipinski definition) is 3. The predicted octanol–water partition coefficient (Wildman–Crippen LogP) is 2.42. The Labute approximate surface area is 50.2 Å². The summed E-state index contributed by atoms with van der Waals surface area (Å²) in [5, 5.41) is 1.28. The Morgan fingerprint density at radius 1 is 1.67 bits per heavy atom. The molecule has 0 aliphatic carbocycles. The van der Waals surface area contributed by atoms with Crippen LogP contribution in [0, 0.1) is 0 Å². The topological polar surface area (TPSA) is 0 Å². The van der Waals surface area contributed by atoms with Crippen LogP contribution >= 0.6 is 33.3 Å². The van der Waals surface area contributed by atoms with E-state index in [9.17, 15) is 0 Å². The third-order valence-corrected chi connectivity index (χ3v) is 5.56. The highest BCUT2D eigenvalue weighted by Crippen LogP contribution is 2.44. The molecular weight excluding hydrogens is 132 g/mol. The summed E-state index contributed by atoms with van der Waals surface area (Å²) < 4.78 is 0.843. The van der Waals surface area contributed by atoms with Gasteiger partial charge in [0.25, 0.3) is 0 Å². The van der Waals surface area contributed by atoms with E-state index in [1.54, 1.807) is 0 Å². The lowest BCUT2D eigenvalue weighted by Gasteiger charge is -1.88. The first-order valence-corrected chi connectivity index (χ1v) is 5.22. The van der Waals surface area contributed by atoms with Crippen LogP contribution in [0.25, 0.3) is 0 Å². The summed E-state index contributed by atoms with van der Waals surface area (Å²) in [6.45, 7) is 2.25. The van der Waals surface area contributed by atoms with Crippen LogP contribution in [0.4, 0.5) is 0 Å². The molecule has 1 aliphatic rings. The molecular formula is C3H6S3. The molecule has 0 aromatic carbocycles. The van der Waals surface area contributed by atoms with Crippen molar-refractivity contribution in [3.63, 3.8) is 0 Å². The molecule has 0 nitrogen and oxygen atoms in total. The minimum Gasteiger partial charge on any atom is -0.135 e. The van der Waals surface area contributed by atoms with Crippen LogP contribution in [0.2, 0.25) is 0 Å². The molecule has 1 unspecified atom stereocenters. The molecule has 0 aromatic heterocycles. The largest absolute Gasteiger partial charge is 0.135 e. The van der Waals surface area contributed by atoms with E-state index in [1.165, 1.54) is 5.08 Å². The van der Waals surface area contributed by atoms with Crippen LogP contribution in [0.3, 0.4) is 0 Å². The summed E-state index contributed by atoms with van der Waals surface area (Å²) in [4.78, 5) is 0. The molecule has 1 saturated heterocycles. The first kappa shape index (κ1) is 5.19. The van der Waals surface area contributed by atoms with E-state index in [1.807, 2.05) is 33.3 Å². The van der Waals surface area contributed by atoms with E-state index in [2.05, 4.69) is 6.92 Å². The number of hydrogen-bond donors (Lipinski definition) is 0. The second-order valence-electron chi connectivity index (χ2n) is 1.07. The van der Waals surface area contributed by atoms with E-state index in [0.717, 1.165) is 4.58 Å². The van der Waals surface area contributed by atoms with Crippen LogP contribution in [-0.4, -0.2) is 9.67 Å². The maximum atomic E-state index is 2.25. The molecule has 0 radical (unpaired) electrons. The summed E-state index contributed by atoms with van der Waals surface area (Å²) in [7, 11) is 3.94. The molecule has 0 saturated carbocycles. The third-order valence-electron chi connectivity index (χ3n) is 0.554. The highest BCUT2D eigenvalue weighted by Gasteiger charge is 2.09. The van der Waals surface area contributed by atoms with Crippen molar-refractivity contribution < 1.29 is 0 Å². The number of rotatable bonds is 0. The lowest BCUT2D eigenvalue weighted by atomic mass is 11.0. The van der Waals surface area contributed by atoms with E-state index < -0.39 is 0 Å². The van der Waals surface area contributed by atoms with Crippen LogP contribution in [-0.2, 0) is 0 Å². The fraction of sp³-hybridized carbons (Fsp3) is 1.00. The van der Waals surface area contributed by atoms with Crippen molar-refractivity contribution in [3.8, 4) is 0 Å². The fourth-order valence-corrected chi connectivity index (χ4v) is 4.97. The second-order valence-corrected chi connectivity index (χ2v) is 5.77. The van der Waals surface area contributed by atoms with E-state index in [-0.39, 0.29) is 0 Å². The summed E-state index contributed by atoms with van der Waals surface area (Å²) in [5.41, 5.74) is 0. The van der Waals surface area contributed by atoms with Crippen molar-refractivity contribution in [2.45, 2.75) is 11.5 Å². The lowest BCUT2D eigenvalue weighted by molar-refractivity contribution is 1.44. The minimum absolute atomic E-state index is 0.843. The van der Waals surface area contributed by atoms with Gasteiger partial charge in [-0.2, -0.15) is 0 Å². The van der Waals surface area contributed by atoms with Gasteiger partial charge in [-0.15, -0.1) is 11.8 Å². The summed E-state index contributed by atoms with van der Waals surface area (Å²) >= 11 is 2.02. The van der Waals surface area contributed by atoms with Crippen molar-refractivity contribution in [3.05, 3.63) is 0 Å². The lowest BCUT2D eigenvalue weighted by Crippen LogP contribution is -1.73. The van der Waals surface area contributed by atoms with E-state index >= 15 is 0 Å². The van der Waals surface area contributed by atoms with Crippen molar-refractivity contribution in [2.75, 3.05) is 5.08 Å². The Balaban J connectivity index is 2.18. The van der Waals surface area contributed by atoms with Crippen LogP contribution in [0.15, 0.2) is 0 Å². The van der Waals surface area contributed by atoms with Gasteiger partial charge in [-0.3, -0.25) is 0 Å². The maximum Gasteiger partial charge on any atom is 0.0586 e. The molecule has 0 N–H and O–H groups in total. The smallest absolute Gasteiger partial charge is 0.0586 e. The van der Waals surface area contributed by atoms with Crippen molar-refractivity contribution in [1.82, 2.24) is 0 Å². The van der Waals surface area contributed by atoms with Crippen molar-refractivity contribution >= 4 is 33.3 Å². The van der Waals surface area contributed by atoms with Gasteiger partial charge >= 0.3 is 0 Å². The molecule has 0 spiro atoms. The summed E-state index contributed by atoms with van der Waals surface area (Å²) in [6, 6.07) is 0. The Hall–Kier alpha value is 1.05. The molecule has 36 valence electrons. The normalized spacial score (nSPS) is 34.5. The average Bonchev–Trinajstić information content (AvgIpc) is 1.86. The molecule has 1 aliphatic heterocycles. The Morgan fingerprint density at radius 3 is 2.67 bits per heavy atom. The zero-order valence-corrected chi connectivity index (χ0v) is 5.96. The molecule has 0 bridgehead atoms. The quantitative estimate of drug-likeness (QED) is 0.472. The molecule has 6 heavy (non-hydrogen) atoms. The zero-order chi connectivity index (χ0) is 4.41. The molecule has 3 heteroatoms. The van der Waals surface area contributed by atoms with Gasteiger partial charge in [0.05, 0.1) is 9.67 Å². The van der Waals surface area contributed by atoms with E-state index in [4.69, 9.17) is 0 Å². The SMILES string of the molecule is CC1SCSS1. The van der Waals surface area contributed by atoms with E-state index in [0.29, 0.717) is 0 Å². The van der Waals surface area contributed by atoms with Crippen LogP contribution in [0.1, 0.15) is 6.92 Å². The summed E-state index contributed by atoms with van der Waals surface area (Å²) in [5.74, 6) is 0. The predicted molar refractivity (Wildman–Crippen MR) is 37.1 cm³/mol. The number of thioether (sulfide) groups is 1. The molecule has 0 amide bonds. The standard InChI is InChI=1S/C3H6S3/c1-3-4-2-5-6-3/h3H,2H2,1H3. The second kappa shape index (κ2) is 2.38. The van der Waals surface area contributed by atoms with Crippen molar-refractivity contribution in [1.29, 1.82) is 0 Å². The monoisotopic (exact) mass is 138 g/mol. The van der Waals surface area contributed by atoms with Gasteiger partial charge in [-0.05, 0) is 6.92 Å². The molecule has 1 heterocycles. The van der Waals surface area contributed by atoms with Crippen LogP contribution < -0.4 is 0 Å². The first-order valence-electron chi connectivity index (χ1n) is 1.79. The third kappa shape index (κ3) is 1.28. The molecule has 1 atom stereocenters. The Morgan fingerprint density at radius 2 is 2.50 bits per heavy atom. The first-order chi connectivity index (χ1) is 2.89. The highest BCUT2D eigenvalue weighted by atomic mass is 33.1. The van der Waals surface area contributed by atoms with Gasteiger partial charge in [0.15, 0.2) is 0 Å². The van der Waals surface area contributed by atoms with Gasteiger partial charge in [-0.25, -0.2) is 0 Å². The van der Waals surface area contributed by atoms with Gasteiger partial charge in [0.1, 0.15) is 0 Å². The Kier molecular flexibility index (Phi) is 2.06. The zero-order valence-electron chi connectivity index (χ0n) is 3.51. The highest BCUT2D eigenvalue weighted by molar-refractivity contribution is 8.82. The summed E-state index contributed by atoms with van der Waals surface area (Å²) in [6.07, 6.45) is 0. The Bertz CT molecular complexity index is 39.3. The van der Waals surface area contributed by atoms with Gasteiger partial charge in [-0.1, -0.05) is 21.6 Å². The van der Waals surface area contributed by atoms with Gasteiger partial charge < -0.3 is 0 Å². The van der Waals surface area contributed by atoms with Crippen LogP contribution in [0.5, 0.6) is 0 Å². The van der Waals surface area contributed by atoms with Crippen molar-refractivity contribution in [2.24, 2.45) is 0 Å².